The monoisotopic (exact) mass is 409 g/mol. The van der Waals surface area contributed by atoms with Crippen molar-refractivity contribution in [2.24, 2.45) is 0 Å². The van der Waals surface area contributed by atoms with Gasteiger partial charge in [0.25, 0.3) is 11.8 Å². The molecule has 29 heavy (non-hydrogen) atoms. The third kappa shape index (κ3) is 3.71. The Bertz CT molecular complexity index is 1140. The number of rotatable bonds is 6. The van der Waals surface area contributed by atoms with Crippen molar-refractivity contribution in [3.8, 4) is 5.75 Å². The average Bonchev–Trinajstić information content (AvgIpc) is 3.20. The highest BCUT2D eigenvalue weighted by molar-refractivity contribution is 7.22. The van der Waals surface area contributed by atoms with Crippen LogP contribution in [-0.2, 0) is 4.79 Å². The van der Waals surface area contributed by atoms with Crippen molar-refractivity contribution >= 4 is 44.4 Å². The Morgan fingerprint density at radius 3 is 2.72 bits per heavy atom. The smallest absolute Gasteiger partial charge is 0.261 e. The molecule has 0 aliphatic carbocycles. The van der Waals surface area contributed by atoms with Crippen LogP contribution < -0.4 is 10.1 Å². The zero-order chi connectivity index (χ0) is 20.5. The number of benzene rings is 2. The van der Waals surface area contributed by atoms with Gasteiger partial charge < -0.3 is 10.1 Å². The van der Waals surface area contributed by atoms with Gasteiger partial charge in [0.1, 0.15) is 5.75 Å². The molecule has 148 valence electrons. The number of thiazole rings is 1. The Morgan fingerprint density at radius 2 is 1.93 bits per heavy atom. The zero-order valence-electron chi connectivity index (χ0n) is 16.0. The van der Waals surface area contributed by atoms with Crippen LogP contribution in [0.3, 0.4) is 0 Å². The number of aromatic nitrogens is 1. The van der Waals surface area contributed by atoms with Crippen LogP contribution in [-0.4, -0.2) is 41.3 Å². The first-order valence-corrected chi connectivity index (χ1v) is 9.99. The third-order valence-corrected chi connectivity index (χ3v) is 5.69. The second-order valence-electron chi connectivity index (χ2n) is 6.82. The molecule has 3 amide bonds. The van der Waals surface area contributed by atoms with E-state index in [2.05, 4.69) is 10.3 Å². The molecule has 0 bridgehead atoms. The Morgan fingerprint density at radius 1 is 1.14 bits per heavy atom. The summed E-state index contributed by atoms with van der Waals surface area (Å²) in [6.45, 7) is 2.08. The van der Waals surface area contributed by atoms with Crippen LogP contribution in [0.15, 0.2) is 36.4 Å². The Labute approximate surface area is 171 Å². The van der Waals surface area contributed by atoms with Crippen molar-refractivity contribution in [1.82, 2.24) is 9.88 Å². The highest BCUT2D eigenvalue weighted by atomic mass is 32.1. The van der Waals surface area contributed by atoms with Gasteiger partial charge in [-0.25, -0.2) is 4.98 Å². The summed E-state index contributed by atoms with van der Waals surface area (Å²) >= 11 is 1.37. The van der Waals surface area contributed by atoms with Crippen LogP contribution in [0.1, 0.15) is 39.1 Å². The standard InChI is InChI=1S/C21H19N3O4S/c1-12-5-7-14-15(10-12)20(27)24(19(14)26)9-3-4-18(25)23-21-22-16-8-6-13(28-2)11-17(16)29-21/h5-8,10-11H,3-4,9H2,1-2H3,(H,22,23,25). The summed E-state index contributed by atoms with van der Waals surface area (Å²) in [5.41, 5.74) is 2.58. The van der Waals surface area contributed by atoms with E-state index in [-0.39, 0.29) is 30.7 Å². The maximum atomic E-state index is 12.5. The topological polar surface area (TPSA) is 88.6 Å². The summed E-state index contributed by atoms with van der Waals surface area (Å²) in [5, 5.41) is 3.29. The number of hydrogen-bond donors (Lipinski definition) is 1. The van der Waals surface area contributed by atoms with Gasteiger partial charge in [-0.05, 0) is 43.7 Å². The molecule has 4 rings (SSSR count). The van der Waals surface area contributed by atoms with Crippen LogP contribution in [0, 0.1) is 6.92 Å². The highest BCUT2D eigenvalue weighted by Gasteiger charge is 2.34. The maximum absolute atomic E-state index is 12.5. The predicted octanol–water partition coefficient (Wildman–Crippen LogP) is 3.63. The van der Waals surface area contributed by atoms with E-state index in [1.807, 2.05) is 31.2 Å². The number of anilines is 1. The number of amides is 3. The molecule has 0 saturated carbocycles. The van der Waals surface area contributed by atoms with Gasteiger partial charge in [0.05, 0.1) is 28.5 Å². The first-order chi connectivity index (χ1) is 14.0. The maximum Gasteiger partial charge on any atom is 0.261 e. The molecule has 2 heterocycles. The molecule has 0 unspecified atom stereocenters. The van der Waals surface area contributed by atoms with E-state index in [1.165, 1.54) is 16.2 Å². The molecule has 1 aliphatic rings. The molecule has 1 aliphatic heterocycles. The third-order valence-electron chi connectivity index (χ3n) is 4.75. The van der Waals surface area contributed by atoms with Crippen molar-refractivity contribution < 1.29 is 19.1 Å². The summed E-state index contributed by atoms with van der Waals surface area (Å²) in [6, 6.07) is 10.7. The minimum Gasteiger partial charge on any atom is -0.497 e. The number of carbonyl (C=O) groups excluding carboxylic acids is 3. The molecule has 0 radical (unpaired) electrons. The summed E-state index contributed by atoms with van der Waals surface area (Å²) < 4.78 is 6.11. The summed E-state index contributed by atoms with van der Waals surface area (Å²) in [4.78, 5) is 42.7. The first kappa shape index (κ1) is 19.1. The SMILES string of the molecule is COc1ccc2nc(NC(=O)CCCN3C(=O)c4ccc(C)cc4C3=O)sc2c1. The van der Waals surface area contributed by atoms with Gasteiger partial charge in [0.2, 0.25) is 5.91 Å². The van der Waals surface area contributed by atoms with Crippen molar-refractivity contribution in [1.29, 1.82) is 0 Å². The molecule has 1 aromatic heterocycles. The molecule has 1 N–H and O–H groups in total. The number of nitrogens with one attached hydrogen (secondary N) is 1. The van der Waals surface area contributed by atoms with Gasteiger partial charge in [0.15, 0.2) is 5.13 Å². The minimum absolute atomic E-state index is 0.186. The Balaban J connectivity index is 1.34. The number of imide groups is 1. The van der Waals surface area contributed by atoms with Crippen LogP contribution in [0.4, 0.5) is 5.13 Å². The van der Waals surface area contributed by atoms with Gasteiger partial charge in [-0.1, -0.05) is 23.0 Å². The number of nitrogens with zero attached hydrogens (tertiary/aromatic N) is 2. The quantitative estimate of drug-likeness (QED) is 0.628. The molecule has 0 spiro atoms. The van der Waals surface area contributed by atoms with E-state index in [9.17, 15) is 14.4 Å². The molecular formula is C21H19N3O4S. The number of methoxy groups -OCH3 is 1. The Hall–Kier alpha value is -3.26. The fourth-order valence-electron chi connectivity index (χ4n) is 3.27. The van der Waals surface area contributed by atoms with Crippen molar-refractivity contribution in [3.05, 3.63) is 53.1 Å². The fraction of sp³-hybridized carbons (Fsp3) is 0.238. The Kier molecular flexibility index (Phi) is 5.02. The van der Waals surface area contributed by atoms with E-state index in [0.29, 0.717) is 22.7 Å². The van der Waals surface area contributed by atoms with Crippen LogP contribution in [0.5, 0.6) is 5.75 Å². The van der Waals surface area contributed by atoms with E-state index >= 15 is 0 Å². The number of fused-ring (bicyclic) bond motifs is 2. The van der Waals surface area contributed by atoms with Crippen LogP contribution >= 0.6 is 11.3 Å². The highest BCUT2D eigenvalue weighted by Crippen LogP contribution is 2.29. The second kappa shape index (κ2) is 7.63. The van der Waals surface area contributed by atoms with Gasteiger partial charge in [-0.3, -0.25) is 19.3 Å². The second-order valence-corrected chi connectivity index (χ2v) is 7.85. The van der Waals surface area contributed by atoms with Crippen LogP contribution in [0.2, 0.25) is 0 Å². The first-order valence-electron chi connectivity index (χ1n) is 9.17. The molecule has 8 heteroatoms. The van der Waals surface area contributed by atoms with Crippen molar-refractivity contribution in [2.75, 3.05) is 19.0 Å². The lowest BCUT2D eigenvalue weighted by Crippen LogP contribution is -2.31. The molecule has 3 aromatic rings. The summed E-state index contributed by atoms with van der Waals surface area (Å²) in [5.74, 6) is -0.0709. The lowest BCUT2D eigenvalue weighted by atomic mass is 10.1. The molecule has 7 nitrogen and oxygen atoms in total. The number of aryl methyl sites for hydroxylation is 1. The number of ether oxygens (including phenoxy) is 1. The molecule has 0 atom stereocenters. The molecule has 0 fully saturated rings. The number of carbonyl (C=O) groups is 3. The van der Waals surface area contributed by atoms with E-state index in [1.54, 1.807) is 19.2 Å². The fourth-order valence-corrected chi connectivity index (χ4v) is 4.18. The van der Waals surface area contributed by atoms with Gasteiger partial charge in [0, 0.05) is 13.0 Å². The van der Waals surface area contributed by atoms with Crippen LogP contribution in [0.25, 0.3) is 10.2 Å². The minimum atomic E-state index is -0.300. The number of hydrogen-bond acceptors (Lipinski definition) is 6. The molecular weight excluding hydrogens is 390 g/mol. The lowest BCUT2D eigenvalue weighted by Gasteiger charge is -2.13. The van der Waals surface area contributed by atoms with E-state index in [0.717, 1.165) is 21.5 Å². The lowest BCUT2D eigenvalue weighted by molar-refractivity contribution is -0.116. The average molecular weight is 409 g/mol. The van der Waals surface area contributed by atoms with E-state index < -0.39 is 0 Å². The largest absolute Gasteiger partial charge is 0.497 e. The van der Waals surface area contributed by atoms with Gasteiger partial charge >= 0.3 is 0 Å². The molecule has 0 saturated heterocycles. The summed E-state index contributed by atoms with van der Waals surface area (Å²) in [7, 11) is 1.60. The van der Waals surface area contributed by atoms with Crippen molar-refractivity contribution in [3.63, 3.8) is 0 Å². The predicted molar refractivity (Wildman–Crippen MR) is 111 cm³/mol. The molecule has 2 aromatic carbocycles. The zero-order valence-corrected chi connectivity index (χ0v) is 16.8. The van der Waals surface area contributed by atoms with Gasteiger partial charge in [-0.15, -0.1) is 0 Å². The normalized spacial score (nSPS) is 13.1. The van der Waals surface area contributed by atoms with E-state index in [4.69, 9.17) is 4.74 Å². The summed E-state index contributed by atoms with van der Waals surface area (Å²) in [6.07, 6.45) is 0.570. The van der Waals surface area contributed by atoms with Crippen molar-refractivity contribution in [2.45, 2.75) is 19.8 Å². The van der Waals surface area contributed by atoms with Gasteiger partial charge in [-0.2, -0.15) is 0 Å².